The van der Waals surface area contributed by atoms with E-state index in [-0.39, 0.29) is 24.0 Å². The molecule has 2 aliphatic heterocycles. The van der Waals surface area contributed by atoms with Gasteiger partial charge in [0.1, 0.15) is 0 Å². The molecule has 0 spiro atoms. The van der Waals surface area contributed by atoms with Gasteiger partial charge < -0.3 is 15.5 Å². The third-order valence-corrected chi connectivity index (χ3v) is 5.82. The van der Waals surface area contributed by atoms with Crippen LogP contribution in [0.5, 0.6) is 0 Å². The van der Waals surface area contributed by atoms with Gasteiger partial charge >= 0.3 is 0 Å². The maximum absolute atomic E-state index is 6.28. The van der Waals surface area contributed by atoms with Gasteiger partial charge in [-0.25, -0.2) is 4.99 Å². The highest BCUT2D eigenvalue weighted by atomic mass is 127. The molecule has 152 valence electrons. The maximum atomic E-state index is 6.28. The molecule has 0 radical (unpaired) electrons. The number of nitrogens with two attached hydrogens (primary N) is 1. The van der Waals surface area contributed by atoms with Crippen molar-refractivity contribution in [2.75, 3.05) is 45.8 Å². The topological polar surface area (TPSA) is 48.1 Å². The normalized spacial score (nSPS) is 22.5. The van der Waals surface area contributed by atoms with Crippen LogP contribution in [0, 0.1) is 5.92 Å². The zero-order chi connectivity index (χ0) is 18.4. The average molecular weight is 485 g/mol. The van der Waals surface area contributed by atoms with Crippen molar-refractivity contribution >= 4 is 29.9 Å². The second-order valence-corrected chi connectivity index (χ2v) is 7.85. The molecule has 27 heavy (non-hydrogen) atoms. The number of piperidine rings is 1. The highest BCUT2D eigenvalue weighted by Crippen LogP contribution is 2.17. The fourth-order valence-corrected chi connectivity index (χ4v) is 4.03. The Hall–Kier alpha value is -0.860. The van der Waals surface area contributed by atoms with E-state index >= 15 is 0 Å². The number of hydrogen-bond donors (Lipinski definition) is 1. The minimum atomic E-state index is 0. The maximum Gasteiger partial charge on any atom is 0.191 e. The second kappa shape index (κ2) is 11.2. The Morgan fingerprint density at radius 1 is 1.07 bits per heavy atom. The Morgan fingerprint density at radius 3 is 2.41 bits per heavy atom. The molecule has 1 aromatic rings. The fraction of sp³-hybridized carbons (Fsp3) is 0.667. The lowest BCUT2D eigenvalue weighted by molar-refractivity contribution is 0.131. The molecule has 2 heterocycles. The van der Waals surface area contributed by atoms with Gasteiger partial charge in [-0.1, -0.05) is 38.1 Å². The molecule has 2 N–H and O–H groups in total. The first-order valence-electron chi connectivity index (χ1n) is 10.2. The third kappa shape index (κ3) is 6.61. The van der Waals surface area contributed by atoms with Crippen LogP contribution < -0.4 is 5.73 Å². The summed E-state index contributed by atoms with van der Waals surface area (Å²) in [7, 11) is 0. The minimum Gasteiger partial charge on any atom is -0.370 e. The lowest BCUT2D eigenvalue weighted by atomic mass is 10.0. The Kier molecular flexibility index (Phi) is 9.32. The number of aliphatic imine (C=N–C) groups is 1. The summed E-state index contributed by atoms with van der Waals surface area (Å²) >= 11 is 0. The van der Waals surface area contributed by atoms with Gasteiger partial charge in [0.2, 0.25) is 0 Å². The van der Waals surface area contributed by atoms with Crippen LogP contribution in [0.1, 0.15) is 37.8 Å². The molecule has 0 aromatic heterocycles. The van der Waals surface area contributed by atoms with Gasteiger partial charge in [-0.05, 0) is 36.4 Å². The summed E-state index contributed by atoms with van der Waals surface area (Å²) < 4.78 is 0. The van der Waals surface area contributed by atoms with Crippen molar-refractivity contribution < 1.29 is 0 Å². The van der Waals surface area contributed by atoms with Gasteiger partial charge in [-0.3, -0.25) is 4.90 Å². The summed E-state index contributed by atoms with van der Waals surface area (Å²) in [5, 5.41) is 0. The molecule has 0 aliphatic carbocycles. The molecule has 6 heteroatoms. The van der Waals surface area contributed by atoms with Crippen molar-refractivity contribution in [3.05, 3.63) is 35.4 Å². The van der Waals surface area contributed by atoms with Crippen LogP contribution in [0.2, 0.25) is 0 Å². The highest BCUT2D eigenvalue weighted by molar-refractivity contribution is 14.0. The van der Waals surface area contributed by atoms with E-state index in [4.69, 9.17) is 10.7 Å². The van der Waals surface area contributed by atoms with Crippen LogP contribution in [-0.4, -0.2) is 66.5 Å². The molecule has 1 atom stereocenters. The number of nitrogens with zero attached hydrogens (tertiary/aromatic N) is 4. The molecule has 0 saturated carbocycles. The summed E-state index contributed by atoms with van der Waals surface area (Å²) in [6.07, 6.45) is 2.52. The molecular formula is C21H36IN5. The first-order chi connectivity index (χ1) is 12.7. The summed E-state index contributed by atoms with van der Waals surface area (Å²) in [5.41, 5.74) is 8.98. The van der Waals surface area contributed by atoms with Crippen LogP contribution in [-0.2, 0) is 13.1 Å². The van der Waals surface area contributed by atoms with Crippen molar-refractivity contribution in [3.8, 4) is 0 Å². The van der Waals surface area contributed by atoms with Crippen LogP contribution in [0.3, 0.4) is 0 Å². The number of halogens is 1. The first kappa shape index (κ1) is 22.4. The Balaban J connectivity index is 0.00000261. The molecule has 2 aliphatic rings. The highest BCUT2D eigenvalue weighted by Gasteiger charge is 2.18. The van der Waals surface area contributed by atoms with Crippen LogP contribution >= 0.6 is 24.0 Å². The first-order valence-corrected chi connectivity index (χ1v) is 10.2. The number of likely N-dealkylation sites (tertiary alicyclic amines) is 1. The molecule has 0 amide bonds. The lowest BCUT2D eigenvalue weighted by Crippen LogP contribution is -2.45. The Labute approximate surface area is 182 Å². The smallest absolute Gasteiger partial charge is 0.191 e. The van der Waals surface area contributed by atoms with E-state index in [1.807, 2.05) is 0 Å². The zero-order valence-electron chi connectivity index (χ0n) is 16.9. The predicted octanol–water partition coefficient (Wildman–Crippen LogP) is 2.99. The van der Waals surface area contributed by atoms with Gasteiger partial charge in [0, 0.05) is 45.8 Å². The quantitative estimate of drug-likeness (QED) is 0.396. The van der Waals surface area contributed by atoms with Gasteiger partial charge in [0.25, 0.3) is 0 Å². The fourth-order valence-electron chi connectivity index (χ4n) is 4.03. The number of likely N-dealkylation sites (N-methyl/N-ethyl adjacent to an activating group) is 1. The molecule has 2 fully saturated rings. The number of hydrogen-bond acceptors (Lipinski definition) is 3. The molecule has 0 bridgehead atoms. The van der Waals surface area contributed by atoms with Gasteiger partial charge in [0.05, 0.1) is 6.54 Å². The van der Waals surface area contributed by atoms with E-state index in [9.17, 15) is 0 Å². The zero-order valence-corrected chi connectivity index (χ0v) is 19.3. The predicted molar refractivity (Wildman–Crippen MR) is 125 cm³/mol. The number of benzene rings is 1. The summed E-state index contributed by atoms with van der Waals surface area (Å²) in [6.45, 7) is 14.1. The largest absolute Gasteiger partial charge is 0.370 e. The van der Waals surface area contributed by atoms with Gasteiger partial charge in [-0.15, -0.1) is 24.0 Å². The van der Waals surface area contributed by atoms with Crippen LogP contribution in [0.4, 0.5) is 0 Å². The van der Waals surface area contributed by atoms with E-state index in [1.54, 1.807) is 0 Å². The van der Waals surface area contributed by atoms with Crippen molar-refractivity contribution in [2.24, 2.45) is 16.6 Å². The molecule has 5 nitrogen and oxygen atoms in total. The lowest BCUT2D eigenvalue weighted by Gasteiger charge is -2.34. The molecular weight excluding hydrogens is 449 g/mol. The summed E-state index contributed by atoms with van der Waals surface area (Å²) in [4.78, 5) is 12.1. The third-order valence-electron chi connectivity index (χ3n) is 5.82. The average Bonchev–Trinajstić information content (AvgIpc) is 2.67. The standard InChI is InChI=1S/C21H35N5.HI/c1-3-24-11-13-25(14-12-24)17-20-9-5-4-8-19(20)15-23-21(22)26-10-6-7-18(2)16-26;/h4-5,8-9,18H,3,6-7,10-17H2,1-2H3,(H2,22,23);1H. The Morgan fingerprint density at radius 2 is 1.74 bits per heavy atom. The van der Waals surface area contributed by atoms with Gasteiger partial charge in [-0.2, -0.15) is 0 Å². The number of rotatable bonds is 5. The number of guanidine groups is 1. The van der Waals surface area contributed by atoms with E-state index in [2.05, 4.69) is 52.8 Å². The van der Waals surface area contributed by atoms with E-state index < -0.39 is 0 Å². The summed E-state index contributed by atoms with van der Waals surface area (Å²) in [6, 6.07) is 8.70. The Bertz CT molecular complexity index is 598. The van der Waals surface area contributed by atoms with Crippen LogP contribution in [0.15, 0.2) is 29.3 Å². The molecule has 1 aromatic carbocycles. The van der Waals surface area contributed by atoms with E-state index in [1.165, 1.54) is 37.1 Å². The summed E-state index contributed by atoms with van der Waals surface area (Å²) in [5.74, 6) is 1.43. The monoisotopic (exact) mass is 485 g/mol. The minimum absolute atomic E-state index is 0. The SMILES string of the molecule is CCN1CCN(Cc2ccccc2CN=C(N)N2CCCC(C)C2)CC1.I. The second-order valence-electron chi connectivity index (χ2n) is 7.85. The van der Waals surface area contributed by atoms with Crippen molar-refractivity contribution in [3.63, 3.8) is 0 Å². The van der Waals surface area contributed by atoms with Crippen molar-refractivity contribution in [1.29, 1.82) is 0 Å². The number of piperazine rings is 1. The van der Waals surface area contributed by atoms with E-state index in [0.717, 1.165) is 39.3 Å². The van der Waals surface area contributed by atoms with Crippen molar-refractivity contribution in [1.82, 2.24) is 14.7 Å². The molecule has 2 saturated heterocycles. The van der Waals surface area contributed by atoms with Crippen LogP contribution in [0.25, 0.3) is 0 Å². The van der Waals surface area contributed by atoms with E-state index in [0.29, 0.717) is 18.4 Å². The molecule has 1 unspecified atom stereocenters. The van der Waals surface area contributed by atoms with Crippen molar-refractivity contribution in [2.45, 2.75) is 39.8 Å². The van der Waals surface area contributed by atoms with Gasteiger partial charge in [0.15, 0.2) is 5.96 Å². The molecule has 3 rings (SSSR count).